The smallest absolute Gasteiger partial charge is 0.319 e. The molecule has 0 bridgehead atoms. The van der Waals surface area contributed by atoms with Gasteiger partial charge in [-0.05, 0) is 42.8 Å². The minimum absolute atomic E-state index is 0.0517. The van der Waals surface area contributed by atoms with E-state index < -0.39 is 11.4 Å². The highest BCUT2D eigenvalue weighted by atomic mass is 35.5. The van der Waals surface area contributed by atoms with Crippen molar-refractivity contribution in [3.05, 3.63) is 63.1 Å². The number of rotatable bonds is 5. The van der Waals surface area contributed by atoms with Crippen LogP contribution in [0, 0.1) is 5.41 Å². The van der Waals surface area contributed by atoms with Gasteiger partial charge in [0.1, 0.15) is 12.0 Å². The predicted octanol–water partition coefficient (Wildman–Crippen LogP) is 4.48. The molecule has 0 radical (unpaired) electrons. The molecule has 2 aromatic carbocycles. The lowest BCUT2D eigenvalue weighted by molar-refractivity contribution is -0.148. The van der Waals surface area contributed by atoms with Crippen LogP contribution >= 0.6 is 34.8 Å². The van der Waals surface area contributed by atoms with Crippen molar-refractivity contribution in [2.75, 3.05) is 25.5 Å². The molecule has 0 spiro atoms. The Morgan fingerprint density at radius 3 is 2.45 bits per heavy atom. The molecule has 1 aliphatic rings. The van der Waals surface area contributed by atoms with Crippen LogP contribution in [0.5, 0.6) is 0 Å². The first kappa shape index (κ1) is 21.4. The number of hydrazone groups is 1. The van der Waals surface area contributed by atoms with Crippen molar-refractivity contribution in [2.45, 2.75) is 6.92 Å². The molecular weight excluding hydrogens is 437 g/mol. The fourth-order valence-corrected chi connectivity index (χ4v) is 3.55. The summed E-state index contributed by atoms with van der Waals surface area (Å²) in [5, 5.41) is 10.1. The Morgan fingerprint density at radius 2 is 1.83 bits per heavy atom. The van der Waals surface area contributed by atoms with Crippen molar-refractivity contribution in [3.8, 4) is 0 Å². The third-order valence-corrected chi connectivity index (χ3v) is 5.54. The van der Waals surface area contributed by atoms with Gasteiger partial charge in [0.05, 0.1) is 29.4 Å². The highest BCUT2D eigenvalue weighted by molar-refractivity contribution is 6.42. The number of benzene rings is 2. The minimum atomic E-state index is -1.02. The molecule has 0 fully saturated rings. The molecular formula is C20H18Cl3N3O3. The largest absolute Gasteiger partial charge is 0.468 e. The van der Waals surface area contributed by atoms with Gasteiger partial charge >= 0.3 is 5.97 Å². The van der Waals surface area contributed by atoms with Gasteiger partial charge in [-0.1, -0.05) is 46.9 Å². The summed E-state index contributed by atoms with van der Waals surface area (Å²) in [6, 6.07) is 11.8. The average molecular weight is 455 g/mol. The molecule has 9 heteroatoms. The van der Waals surface area contributed by atoms with Crippen molar-refractivity contribution in [3.63, 3.8) is 0 Å². The van der Waals surface area contributed by atoms with Crippen molar-refractivity contribution in [1.29, 1.82) is 0 Å². The molecule has 1 aliphatic heterocycles. The van der Waals surface area contributed by atoms with Crippen LogP contribution in [0.3, 0.4) is 0 Å². The molecule has 2 aromatic rings. The van der Waals surface area contributed by atoms with E-state index in [1.165, 1.54) is 12.1 Å². The molecule has 1 atom stereocenters. The summed E-state index contributed by atoms with van der Waals surface area (Å²) in [6.07, 6.45) is 0. The van der Waals surface area contributed by atoms with Gasteiger partial charge in [0.25, 0.3) is 0 Å². The lowest BCUT2D eigenvalue weighted by atomic mass is 9.82. The number of nitrogens with zero attached hydrogens (tertiary/aromatic N) is 2. The first-order valence-electron chi connectivity index (χ1n) is 8.66. The summed E-state index contributed by atoms with van der Waals surface area (Å²) < 4.78 is 4.99. The molecule has 1 heterocycles. The number of hydrogen-bond acceptors (Lipinski definition) is 5. The van der Waals surface area contributed by atoms with Gasteiger partial charge in [0, 0.05) is 10.7 Å². The van der Waals surface area contributed by atoms with E-state index in [-0.39, 0.29) is 19.0 Å². The average Bonchev–Trinajstić information content (AvgIpc) is 3.01. The van der Waals surface area contributed by atoms with Gasteiger partial charge in [-0.3, -0.25) is 14.6 Å². The van der Waals surface area contributed by atoms with Gasteiger partial charge in [0.15, 0.2) is 0 Å². The van der Waals surface area contributed by atoms with Crippen LogP contribution in [-0.2, 0) is 14.3 Å². The van der Waals surface area contributed by atoms with Crippen LogP contribution in [0.15, 0.2) is 47.6 Å². The summed E-state index contributed by atoms with van der Waals surface area (Å²) in [5.74, 6) is -0.740. The molecule has 3 rings (SSSR count). The van der Waals surface area contributed by atoms with E-state index in [9.17, 15) is 9.59 Å². The number of ether oxygens (including phenoxy) is 1. The minimum Gasteiger partial charge on any atom is -0.468 e. The maximum Gasteiger partial charge on any atom is 0.319 e. The normalized spacial score (nSPS) is 18.4. The van der Waals surface area contributed by atoms with Gasteiger partial charge in [-0.25, -0.2) is 0 Å². The molecule has 1 amide bonds. The van der Waals surface area contributed by atoms with E-state index in [1.807, 2.05) is 0 Å². The molecule has 152 valence electrons. The second kappa shape index (κ2) is 8.61. The van der Waals surface area contributed by atoms with Crippen LogP contribution in [0.1, 0.15) is 12.5 Å². The molecule has 0 saturated carbocycles. The van der Waals surface area contributed by atoms with Crippen LogP contribution in [-0.4, -0.2) is 42.8 Å². The molecule has 29 heavy (non-hydrogen) atoms. The number of halogens is 3. The van der Waals surface area contributed by atoms with Gasteiger partial charge in [-0.15, -0.1) is 0 Å². The van der Waals surface area contributed by atoms with E-state index in [0.29, 0.717) is 26.5 Å². The van der Waals surface area contributed by atoms with Crippen molar-refractivity contribution in [2.24, 2.45) is 10.5 Å². The third kappa shape index (κ3) is 4.66. The Labute approximate surface area is 183 Å². The van der Waals surface area contributed by atoms with Crippen LogP contribution < -0.4 is 5.32 Å². The summed E-state index contributed by atoms with van der Waals surface area (Å²) in [5.41, 5.74) is 0.742. The lowest BCUT2D eigenvalue weighted by Gasteiger charge is -2.23. The summed E-state index contributed by atoms with van der Waals surface area (Å²) in [6.45, 7) is 1.89. The Morgan fingerprint density at radius 1 is 1.14 bits per heavy atom. The predicted molar refractivity (Wildman–Crippen MR) is 115 cm³/mol. The Kier molecular flexibility index (Phi) is 6.36. The van der Waals surface area contributed by atoms with E-state index >= 15 is 0 Å². The fraction of sp³-hybridized carbons (Fsp3) is 0.250. The standard InChI is InChI=1S/C20H18Cl3N3O3/c1-20(19(28)29-2)11-26(25-18(20)12-3-5-13(21)6-4-12)10-17(27)24-14-7-8-15(22)16(23)9-14/h3-9H,10-11H2,1-2H3,(H,24,27). The highest BCUT2D eigenvalue weighted by Gasteiger charge is 2.47. The van der Waals surface area contributed by atoms with Crippen LogP contribution in [0.2, 0.25) is 15.1 Å². The molecule has 6 nitrogen and oxygen atoms in total. The van der Waals surface area contributed by atoms with Gasteiger partial charge in [-0.2, -0.15) is 5.10 Å². The molecule has 0 aliphatic carbocycles. The van der Waals surface area contributed by atoms with Gasteiger partial charge < -0.3 is 10.1 Å². The molecule has 1 N–H and O–H groups in total. The molecule has 1 unspecified atom stereocenters. The maximum absolute atomic E-state index is 12.5. The number of carbonyl (C=O) groups excluding carboxylic acids is 2. The number of anilines is 1. The third-order valence-electron chi connectivity index (χ3n) is 4.55. The second-order valence-corrected chi connectivity index (χ2v) is 8.03. The van der Waals surface area contributed by atoms with Crippen LogP contribution in [0.4, 0.5) is 5.69 Å². The van der Waals surface area contributed by atoms with E-state index in [0.717, 1.165) is 5.56 Å². The maximum atomic E-state index is 12.5. The Bertz CT molecular complexity index is 979. The fourth-order valence-electron chi connectivity index (χ4n) is 3.13. The van der Waals surface area contributed by atoms with Crippen molar-refractivity contribution in [1.82, 2.24) is 5.01 Å². The zero-order valence-electron chi connectivity index (χ0n) is 15.7. The first-order valence-corrected chi connectivity index (χ1v) is 9.79. The molecule has 0 aromatic heterocycles. The topological polar surface area (TPSA) is 71.0 Å². The number of methoxy groups -OCH3 is 1. The number of hydrogen-bond donors (Lipinski definition) is 1. The summed E-state index contributed by atoms with van der Waals surface area (Å²) >= 11 is 17.8. The van der Waals surface area contributed by atoms with Crippen molar-refractivity contribution < 1.29 is 14.3 Å². The zero-order valence-corrected chi connectivity index (χ0v) is 18.0. The number of esters is 1. The quantitative estimate of drug-likeness (QED) is 0.676. The zero-order chi connectivity index (χ0) is 21.2. The first-order chi connectivity index (χ1) is 13.7. The highest BCUT2D eigenvalue weighted by Crippen LogP contribution is 2.33. The van der Waals surface area contributed by atoms with E-state index in [2.05, 4.69) is 10.4 Å². The second-order valence-electron chi connectivity index (χ2n) is 6.78. The Hall–Kier alpha value is -2.28. The molecule has 0 saturated heterocycles. The number of nitrogens with one attached hydrogen (secondary N) is 1. The Balaban J connectivity index is 1.80. The van der Waals surface area contributed by atoms with E-state index in [1.54, 1.807) is 49.4 Å². The summed E-state index contributed by atoms with van der Waals surface area (Å²) in [4.78, 5) is 25.0. The SMILES string of the molecule is COC(=O)C1(C)CN(CC(=O)Nc2ccc(Cl)c(Cl)c2)N=C1c1ccc(Cl)cc1. The number of amides is 1. The number of carbonyl (C=O) groups is 2. The van der Waals surface area contributed by atoms with Crippen LogP contribution in [0.25, 0.3) is 0 Å². The van der Waals surface area contributed by atoms with Crippen molar-refractivity contribution >= 4 is 58.1 Å². The monoisotopic (exact) mass is 453 g/mol. The van der Waals surface area contributed by atoms with Gasteiger partial charge in [0.2, 0.25) is 5.91 Å². The lowest BCUT2D eigenvalue weighted by Crippen LogP contribution is -2.41. The van der Waals surface area contributed by atoms with E-state index in [4.69, 9.17) is 39.5 Å². The summed E-state index contributed by atoms with van der Waals surface area (Å²) in [7, 11) is 1.33.